The van der Waals surface area contributed by atoms with Gasteiger partial charge < -0.3 is 9.47 Å². The van der Waals surface area contributed by atoms with Gasteiger partial charge in [-0.3, -0.25) is 0 Å². The molecular weight excluding hydrogens is 216 g/mol. The van der Waals surface area contributed by atoms with E-state index in [1.807, 2.05) is 6.92 Å². The van der Waals surface area contributed by atoms with Crippen LogP contribution in [0.15, 0.2) is 12.1 Å². The number of aryl methyl sites for hydroxylation is 1. The minimum atomic E-state index is -0.406. The number of ether oxygens (including phenoxy) is 2. The summed E-state index contributed by atoms with van der Waals surface area (Å²) < 4.78 is 9.76. The summed E-state index contributed by atoms with van der Waals surface area (Å²) in [5.41, 5.74) is 2.32. The first-order valence-electron chi connectivity index (χ1n) is 4.45. The van der Waals surface area contributed by atoms with Gasteiger partial charge in [0.05, 0.1) is 14.2 Å². The number of halogens is 1. The Hall–Kier alpha value is -1.22. The standard InChI is InChI=1S/C11H13ClO3/c1-7-4-9(11(13)15-3)10(14-2)5-8(7)6-12/h4-5H,6H2,1-3H3. The number of carbonyl (C=O) groups excluding carboxylic acids is 1. The van der Waals surface area contributed by atoms with E-state index in [1.54, 1.807) is 12.1 Å². The van der Waals surface area contributed by atoms with Crippen LogP contribution in [0.25, 0.3) is 0 Å². The number of rotatable bonds is 3. The second-order valence-corrected chi connectivity index (χ2v) is 3.37. The molecule has 0 unspecified atom stereocenters. The Morgan fingerprint density at radius 1 is 1.40 bits per heavy atom. The maximum atomic E-state index is 11.4. The lowest BCUT2D eigenvalue weighted by Gasteiger charge is -2.10. The molecular formula is C11H13ClO3. The molecule has 1 rings (SSSR count). The van der Waals surface area contributed by atoms with Crippen LogP contribution < -0.4 is 4.74 Å². The summed E-state index contributed by atoms with van der Waals surface area (Å²) in [4.78, 5) is 11.4. The Kier molecular flexibility index (Phi) is 3.97. The summed E-state index contributed by atoms with van der Waals surface area (Å²) in [7, 11) is 2.85. The molecule has 0 atom stereocenters. The number of hydrogen-bond acceptors (Lipinski definition) is 3. The fourth-order valence-corrected chi connectivity index (χ4v) is 1.60. The molecule has 0 N–H and O–H groups in total. The third kappa shape index (κ3) is 2.42. The first-order valence-corrected chi connectivity index (χ1v) is 4.99. The maximum Gasteiger partial charge on any atom is 0.341 e. The highest BCUT2D eigenvalue weighted by Crippen LogP contribution is 2.25. The predicted molar refractivity (Wildman–Crippen MR) is 58.6 cm³/mol. The van der Waals surface area contributed by atoms with E-state index in [2.05, 4.69) is 4.74 Å². The average Bonchev–Trinajstić information content (AvgIpc) is 2.27. The summed E-state index contributed by atoms with van der Waals surface area (Å²) in [5, 5.41) is 0. The Morgan fingerprint density at radius 2 is 2.07 bits per heavy atom. The molecule has 0 aliphatic heterocycles. The minimum Gasteiger partial charge on any atom is -0.496 e. The summed E-state index contributed by atoms with van der Waals surface area (Å²) in [6, 6.07) is 3.48. The molecule has 0 amide bonds. The summed E-state index contributed by atoms with van der Waals surface area (Å²) in [6.07, 6.45) is 0. The van der Waals surface area contributed by atoms with Gasteiger partial charge in [-0.05, 0) is 30.2 Å². The summed E-state index contributed by atoms with van der Waals surface area (Å²) in [6.45, 7) is 1.89. The predicted octanol–water partition coefficient (Wildman–Crippen LogP) is 2.53. The first kappa shape index (κ1) is 11.9. The lowest BCUT2D eigenvalue weighted by molar-refractivity contribution is 0.0597. The maximum absolute atomic E-state index is 11.4. The van der Waals surface area contributed by atoms with Crippen LogP contribution in [0.2, 0.25) is 0 Å². The van der Waals surface area contributed by atoms with Crippen molar-refractivity contribution in [1.29, 1.82) is 0 Å². The molecule has 0 aliphatic carbocycles. The van der Waals surface area contributed by atoms with E-state index in [1.165, 1.54) is 14.2 Å². The van der Waals surface area contributed by atoms with E-state index in [0.29, 0.717) is 17.2 Å². The van der Waals surface area contributed by atoms with Crippen LogP contribution in [0, 0.1) is 6.92 Å². The van der Waals surface area contributed by atoms with Gasteiger partial charge in [-0.2, -0.15) is 0 Å². The topological polar surface area (TPSA) is 35.5 Å². The zero-order valence-electron chi connectivity index (χ0n) is 8.96. The molecule has 3 nitrogen and oxygen atoms in total. The number of carbonyl (C=O) groups is 1. The average molecular weight is 229 g/mol. The van der Waals surface area contributed by atoms with Crippen LogP contribution in [0.1, 0.15) is 21.5 Å². The van der Waals surface area contributed by atoms with Crippen molar-refractivity contribution in [2.24, 2.45) is 0 Å². The van der Waals surface area contributed by atoms with Crippen LogP contribution in [-0.2, 0) is 10.6 Å². The van der Waals surface area contributed by atoms with Gasteiger partial charge in [0.2, 0.25) is 0 Å². The lowest BCUT2D eigenvalue weighted by atomic mass is 10.1. The Labute approximate surface area is 93.9 Å². The molecule has 82 valence electrons. The van der Waals surface area contributed by atoms with Crippen molar-refractivity contribution in [2.75, 3.05) is 14.2 Å². The van der Waals surface area contributed by atoms with Gasteiger partial charge >= 0.3 is 5.97 Å². The van der Waals surface area contributed by atoms with Crippen LogP contribution in [0.5, 0.6) is 5.75 Å². The van der Waals surface area contributed by atoms with Gasteiger partial charge in [0.25, 0.3) is 0 Å². The van der Waals surface area contributed by atoms with Crippen molar-refractivity contribution >= 4 is 17.6 Å². The van der Waals surface area contributed by atoms with E-state index < -0.39 is 5.97 Å². The Balaban J connectivity index is 3.27. The highest BCUT2D eigenvalue weighted by atomic mass is 35.5. The number of esters is 1. The zero-order chi connectivity index (χ0) is 11.4. The number of hydrogen-bond donors (Lipinski definition) is 0. The van der Waals surface area contributed by atoms with Crippen molar-refractivity contribution in [3.63, 3.8) is 0 Å². The highest BCUT2D eigenvalue weighted by Gasteiger charge is 2.14. The van der Waals surface area contributed by atoms with E-state index in [0.717, 1.165) is 11.1 Å². The molecule has 1 aromatic carbocycles. The van der Waals surface area contributed by atoms with Crippen LogP contribution >= 0.6 is 11.6 Å². The van der Waals surface area contributed by atoms with Crippen LogP contribution in [0.4, 0.5) is 0 Å². The summed E-state index contributed by atoms with van der Waals surface area (Å²) >= 11 is 5.76. The monoisotopic (exact) mass is 228 g/mol. The molecule has 0 fully saturated rings. The molecule has 0 bridgehead atoms. The zero-order valence-corrected chi connectivity index (χ0v) is 9.72. The van der Waals surface area contributed by atoms with Gasteiger partial charge in [0.15, 0.2) is 0 Å². The molecule has 4 heteroatoms. The van der Waals surface area contributed by atoms with E-state index in [9.17, 15) is 4.79 Å². The van der Waals surface area contributed by atoms with Gasteiger partial charge in [0, 0.05) is 5.88 Å². The molecule has 0 aromatic heterocycles. The van der Waals surface area contributed by atoms with E-state index in [4.69, 9.17) is 16.3 Å². The summed E-state index contributed by atoms with van der Waals surface area (Å²) in [5.74, 6) is 0.475. The first-order chi connectivity index (χ1) is 7.13. The molecule has 0 saturated carbocycles. The van der Waals surface area contributed by atoms with E-state index in [-0.39, 0.29) is 0 Å². The van der Waals surface area contributed by atoms with Gasteiger partial charge in [-0.1, -0.05) is 0 Å². The second kappa shape index (κ2) is 5.03. The fourth-order valence-electron chi connectivity index (χ4n) is 1.31. The largest absolute Gasteiger partial charge is 0.496 e. The number of alkyl halides is 1. The molecule has 0 saturated heterocycles. The smallest absolute Gasteiger partial charge is 0.341 e. The van der Waals surface area contributed by atoms with Crippen molar-refractivity contribution in [3.05, 3.63) is 28.8 Å². The number of benzene rings is 1. The lowest BCUT2D eigenvalue weighted by Crippen LogP contribution is -2.05. The van der Waals surface area contributed by atoms with Gasteiger partial charge in [-0.25, -0.2) is 4.79 Å². The van der Waals surface area contributed by atoms with Crippen molar-refractivity contribution in [1.82, 2.24) is 0 Å². The Morgan fingerprint density at radius 3 is 2.53 bits per heavy atom. The molecule has 1 aromatic rings. The van der Waals surface area contributed by atoms with Crippen LogP contribution in [-0.4, -0.2) is 20.2 Å². The minimum absolute atomic E-state index is 0.393. The number of methoxy groups -OCH3 is 2. The van der Waals surface area contributed by atoms with Crippen molar-refractivity contribution in [2.45, 2.75) is 12.8 Å². The third-order valence-electron chi connectivity index (χ3n) is 2.21. The second-order valence-electron chi connectivity index (χ2n) is 3.10. The normalized spacial score (nSPS) is 9.87. The molecule has 15 heavy (non-hydrogen) atoms. The quantitative estimate of drug-likeness (QED) is 0.589. The molecule has 0 aliphatic rings. The Bertz CT molecular complexity index is 374. The SMILES string of the molecule is COC(=O)c1cc(C)c(CCl)cc1OC. The van der Waals surface area contributed by atoms with Gasteiger partial charge in [-0.15, -0.1) is 11.6 Å². The molecule has 0 spiro atoms. The fraction of sp³-hybridized carbons (Fsp3) is 0.364. The van der Waals surface area contributed by atoms with E-state index >= 15 is 0 Å². The molecule has 0 radical (unpaired) electrons. The van der Waals surface area contributed by atoms with Gasteiger partial charge in [0.1, 0.15) is 11.3 Å². The highest BCUT2D eigenvalue weighted by molar-refractivity contribution is 6.17. The van der Waals surface area contributed by atoms with Crippen molar-refractivity contribution in [3.8, 4) is 5.75 Å². The third-order valence-corrected chi connectivity index (χ3v) is 2.50. The van der Waals surface area contributed by atoms with Crippen molar-refractivity contribution < 1.29 is 14.3 Å². The van der Waals surface area contributed by atoms with Crippen LogP contribution in [0.3, 0.4) is 0 Å². The molecule has 0 heterocycles.